The van der Waals surface area contributed by atoms with Gasteiger partial charge in [-0.3, -0.25) is 15.0 Å². The van der Waals surface area contributed by atoms with Crippen LogP contribution in [-0.4, -0.2) is 62.0 Å². The molecule has 1 heterocycles. The Balaban J connectivity index is 1.68. The molecule has 2 amide bonds. The fourth-order valence-electron chi connectivity index (χ4n) is 4.04. The number of nitro benzene ring substituents is 1. The number of urea groups is 1. The van der Waals surface area contributed by atoms with Crippen molar-refractivity contribution in [2.75, 3.05) is 49.5 Å². The van der Waals surface area contributed by atoms with Crippen LogP contribution in [0.2, 0.25) is 0 Å². The molecule has 0 radical (unpaired) electrons. The maximum Gasteiger partial charge on any atom is 0.326 e. The predicted octanol–water partition coefficient (Wildman–Crippen LogP) is 4.13. The number of aliphatic hydroxyl groups excluding tert-OH is 2. The van der Waals surface area contributed by atoms with Crippen molar-refractivity contribution < 1.29 is 19.9 Å². The predicted molar refractivity (Wildman–Crippen MR) is 145 cm³/mol. The average molecular weight is 524 g/mol. The number of carbonyl (C=O) groups is 1. The third-order valence-electron chi connectivity index (χ3n) is 6.16. The zero-order valence-electron chi connectivity index (χ0n) is 21.0. The number of hydrogen-bond donors (Lipinski definition) is 3. The summed E-state index contributed by atoms with van der Waals surface area (Å²) < 4.78 is 0. The van der Waals surface area contributed by atoms with Gasteiger partial charge in [0.2, 0.25) is 0 Å². The van der Waals surface area contributed by atoms with Crippen LogP contribution in [-0.2, 0) is 0 Å². The van der Waals surface area contributed by atoms with Gasteiger partial charge in [0, 0.05) is 61.5 Å². The van der Waals surface area contributed by atoms with Crippen molar-refractivity contribution in [2.45, 2.75) is 21.9 Å². The van der Waals surface area contributed by atoms with Gasteiger partial charge in [0.05, 0.1) is 28.9 Å². The first-order valence-corrected chi connectivity index (χ1v) is 12.4. The summed E-state index contributed by atoms with van der Waals surface area (Å²) in [5, 5.41) is 34.6. The number of fused-ring (bicyclic) bond motifs is 2. The summed E-state index contributed by atoms with van der Waals surface area (Å²) >= 11 is 1.57. The molecule has 2 atom stereocenters. The molecule has 37 heavy (non-hydrogen) atoms. The summed E-state index contributed by atoms with van der Waals surface area (Å²) in [6.45, 7) is -0.536. The number of amides is 2. The molecule has 3 aromatic carbocycles. The third kappa shape index (κ3) is 5.33. The largest absolute Gasteiger partial charge is 0.394 e. The molecular formula is C26H29N5O5S. The SMILES string of the molecule is CN(C)c1ccc2c(c1)Sc1cc(N(C)C)ccc1N2C(=O)N[C@@H](CO)[C@@H](O)c1ccc([N+](=O)[O-])cc1. The van der Waals surface area contributed by atoms with Gasteiger partial charge in [0.1, 0.15) is 6.10 Å². The molecule has 1 aliphatic rings. The van der Waals surface area contributed by atoms with Gasteiger partial charge in [-0.1, -0.05) is 11.8 Å². The summed E-state index contributed by atoms with van der Waals surface area (Å²) in [7, 11) is 7.79. The van der Waals surface area contributed by atoms with Crippen LogP contribution in [0.3, 0.4) is 0 Å². The van der Waals surface area contributed by atoms with Gasteiger partial charge in [-0.05, 0) is 54.1 Å². The highest BCUT2D eigenvalue weighted by Crippen LogP contribution is 2.50. The number of anilines is 4. The molecule has 0 aliphatic carbocycles. The Kier molecular flexibility index (Phi) is 7.58. The van der Waals surface area contributed by atoms with Crippen LogP contribution in [0.4, 0.5) is 33.2 Å². The van der Waals surface area contributed by atoms with Crippen LogP contribution in [0.1, 0.15) is 11.7 Å². The maximum atomic E-state index is 13.7. The zero-order chi connectivity index (χ0) is 26.9. The molecule has 194 valence electrons. The molecule has 11 heteroatoms. The molecule has 0 saturated heterocycles. The maximum absolute atomic E-state index is 13.7. The first-order valence-electron chi connectivity index (χ1n) is 11.5. The van der Waals surface area contributed by atoms with Gasteiger partial charge in [0.15, 0.2) is 0 Å². The summed E-state index contributed by atoms with van der Waals surface area (Å²) in [5.41, 5.74) is 3.56. The minimum atomic E-state index is -1.28. The van der Waals surface area contributed by atoms with Crippen LogP contribution in [0.15, 0.2) is 70.5 Å². The molecule has 3 N–H and O–H groups in total. The van der Waals surface area contributed by atoms with E-state index < -0.39 is 29.7 Å². The normalized spacial score (nSPS) is 13.7. The highest BCUT2D eigenvalue weighted by atomic mass is 32.2. The van der Waals surface area contributed by atoms with Gasteiger partial charge < -0.3 is 25.3 Å². The van der Waals surface area contributed by atoms with E-state index in [1.54, 1.807) is 16.7 Å². The highest BCUT2D eigenvalue weighted by Gasteiger charge is 2.32. The number of carbonyl (C=O) groups excluding carboxylic acids is 1. The number of benzene rings is 3. The lowest BCUT2D eigenvalue weighted by atomic mass is 10.0. The van der Waals surface area contributed by atoms with Crippen LogP contribution in [0, 0.1) is 10.1 Å². The van der Waals surface area contributed by atoms with Crippen LogP contribution < -0.4 is 20.0 Å². The highest BCUT2D eigenvalue weighted by molar-refractivity contribution is 7.99. The molecule has 3 aromatic rings. The first-order chi connectivity index (χ1) is 17.6. The zero-order valence-corrected chi connectivity index (χ0v) is 21.8. The topological polar surface area (TPSA) is 122 Å². The van der Waals surface area contributed by atoms with Gasteiger partial charge in [-0.15, -0.1) is 0 Å². The molecule has 0 aromatic heterocycles. The number of non-ortho nitro benzene ring substituents is 1. The summed E-state index contributed by atoms with van der Waals surface area (Å²) in [4.78, 5) is 31.4. The van der Waals surface area contributed by atoms with Crippen molar-refractivity contribution in [1.29, 1.82) is 0 Å². The van der Waals surface area contributed by atoms with Gasteiger partial charge in [0.25, 0.3) is 5.69 Å². The summed E-state index contributed by atoms with van der Waals surface area (Å²) in [5.74, 6) is 0. The number of aliphatic hydroxyl groups is 2. The molecule has 0 saturated carbocycles. The first kappa shape index (κ1) is 26.3. The Morgan fingerprint density at radius 1 is 0.973 bits per heavy atom. The standard InChI is InChI=1S/C26H29N5O5S/c1-28(2)18-9-11-21-23(13-18)37-24-14-19(29(3)4)10-12-22(24)30(21)26(34)27-20(15-32)25(33)16-5-7-17(8-6-16)31(35)36/h5-14,20,25,32-33H,15H2,1-4H3,(H,27,34)/t20-,25-/m0/s1. The minimum absolute atomic E-state index is 0.117. The Hall–Kier alpha value is -3.80. The molecule has 10 nitrogen and oxygen atoms in total. The lowest BCUT2D eigenvalue weighted by Crippen LogP contribution is -2.47. The second-order valence-electron chi connectivity index (χ2n) is 9.06. The van der Waals surface area contributed by atoms with Gasteiger partial charge >= 0.3 is 6.03 Å². The smallest absolute Gasteiger partial charge is 0.326 e. The quantitative estimate of drug-likeness (QED) is 0.312. The van der Waals surface area contributed by atoms with Gasteiger partial charge in [-0.25, -0.2) is 4.79 Å². The van der Waals surface area contributed by atoms with E-state index in [1.165, 1.54) is 24.3 Å². The molecular weight excluding hydrogens is 494 g/mol. The van der Waals surface area contributed by atoms with E-state index in [0.29, 0.717) is 16.9 Å². The van der Waals surface area contributed by atoms with Crippen molar-refractivity contribution in [3.63, 3.8) is 0 Å². The monoisotopic (exact) mass is 523 g/mol. The fourth-order valence-corrected chi connectivity index (χ4v) is 5.16. The lowest BCUT2D eigenvalue weighted by molar-refractivity contribution is -0.384. The van der Waals surface area contributed by atoms with Crippen LogP contribution >= 0.6 is 11.8 Å². The molecule has 4 rings (SSSR count). The van der Waals surface area contributed by atoms with E-state index in [-0.39, 0.29) is 5.69 Å². The third-order valence-corrected chi connectivity index (χ3v) is 7.25. The number of nitrogens with zero attached hydrogens (tertiary/aromatic N) is 4. The van der Waals surface area contributed by atoms with Crippen LogP contribution in [0.5, 0.6) is 0 Å². The summed E-state index contributed by atoms with van der Waals surface area (Å²) in [6, 6.07) is 15.4. The van der Waals surface area contributed by atoms with Crippen LogP contribution in [0.25, 0.3) is 0 Å². The fraction of sp³-hybridized carbons (Fsp3) is 0.269. The van der Waals surface area contributed by atoms with Crippen molar-refractivity contribution in [3.05, 3.63) is 76.3 Å². The molecule has 1 aliphatic heterocycles. The van der Waals surface area contributed by atoms with E-state index in [2.05, 4.69) is 5.32 Å². The molecule has 0 bridgehead atoms. The van der Waals surface area contributed by atoms with E-state index in [0.717, 1.165) is 21.2 Å². The Morgan fingerprint density at radius 2 is 1.49 bits per heavy atom. The Bertz CT molecular complexity index is 1260. The lowest BCUT2D eigenvalue weighted by Gasteiger charge is -2.34. The van der Waals surface area contributed by atoms with Crippen molar-refractivity contribution in [1.82, 2.24) is 5.32 Å². The second kappa shape index (κ2) is 10.7. The number of rotatable bonds is 7. The van der Waals surface area contributed by atoms with E-state index in [1.807, 2.05) is 74.4 Å². The average Bonchev–Trinajstić information content (AvgIpc) is 2.88. The number of hydrogen-bond acceptors (Lipinski definition) is 8. The number of nitro groups is 1. The Morgan fingerprint density at radius 3 is 1.92 bits per heavy atom. The van der Waals surface area contributed by atoms with Crippen molar-refractivity contribution >= 4 is 46.2 Å². The molecule has 0 unspecified atom stereocenters. The summed E-state index contributed by atoms with van der Waals surface area (Å²) in [6.07, 6.45) is -1.28. The van der Waals surface area contributed by atoms with E-state index >= 15 is 0 Å². The van der Waals surface area contributed by atoms with E-state index in [9.17, 15) is 25.1 Å². The molecule has 0 fully saturated rings. The van der Waals surface area contributed by atoms with E-state index in [4.69, 9.17) is 0 Å². The Labute approximate surface area is 219 Å². The van der Waals surface area contributed by atoms with Gasteiger partial charge in [-0.2, -0.15) is 0 Å². The molecule has 0 spiro atoms. The number of nitrogens with one attached hydrogen (secondary N) is 1. The van der Waals surface area contributed by atoms with Crippen molar-refractivity contribution in [2.24, 2.45) is 0 Å². The minimum Gasteiger partial charge on any atom is -0.394 e. The second-order valence-corrected chi connectivity index (χ2v) is 10.1. The van der Waals surface area contributed by atoms with Crippen molar-refractivity contribution in [3.8, 4) is 0 Å².